The van der Waals surface area contributed by atoms with E-state index in [0.717, 1.165) is 12.8 Å². The van der Waals surface area contributed by atoms with Crippen molar-refractivity contribution in [1.29, 1.82) is 0 Å². The summed E-state index contributed by atoms with van der Waals surface area (Å²) in [7, 11) is 0. The van der Waals surface area contributed by atoms with Crippen molar-refractivity contribution in [2.45, 2.75) is 44.6 Å². The fourth-order valence-electron chi connectivity index (χ4n) is 1.55. The van der Waals surface area contributed by atoms with E-state index in [2.05, 4.69) is 4.84 Å². The van der Waals surface area contributed by atoms with Crippen LogP contribution in [0.4, 0.5) is 0 Å². The number of hydrogen-bond donors (Lipinski definition) is 1. The molecule has 0 aromatic heterocycles. The molecule has 4 nitrogen and oxygen atoms in total. The largest absolute Gasteiger partial charge is 0.462 e. The Morgan fingerprint density at radius 1 is 1.38 bits per heavy atom. The van der Waals surface area contributed by atoms with Crippen molar-refractivity contribution >= 4 is 5.97 Å². The van der Waals surface area contributed by atoms with E-state index >= 15 is 0 Å². The van der Waals surface area contributed by atoms with Crippen molar-refractivity contribution in [3.05, 3.63) is 0 Å². The van der Waals surface area contributed by atoms with E-state index in [1.807, 2.05) is 0 Å². The molecule has 0 spiro atoms. The summed E-state index contributed by atoms with van der Waals surface area (Å²) < 4.78 is 5.22. The Bertz CT molecular complexity index is 155. The summed E-state index contributed by atoms with van der Waals surface area (Å²) in [4.78, 5) is 15.5. The SMILES string of the molecule is NOCCCC(=O)OC1CCCC1. The minimum absolute atomic E-state index is 0.121. The molecule has 13 heavy (non-hydrogen) atoms. The van der Waals surface area contributed by atoms with Crippen LogP contribution in [0.25, 0.3) is 0 Å². The lowest BCUT2D eigenvalue weighted by Gasteiger charge is -2.10. The normalized spacial score (nSPS) is 17.6. The van der Waals surface area contributed by atoms with Crippen LogP contribution in [0.15, 0.2) is 0 Å². The summed E-state index contributed by atoms with van der Waals surface area (Å²) in [6.45, 7) is 0.416. The third-order valence-corrected chi connectivity index (χ3v) is 2.24. The second-order valence-corrected chi connectivity index (χ2v) is 3.37. The fourth-order valence-corrected chi connectivity index (χ4v) is 1.55. The lowest BCUT2D eigenvalue weighted by molar-refractivity contribution is -0.149. The van der Waals surface area contributed by atoms with Gasteiger partial charge >= 0.3 is 5.97 Å². The molecule has 1 aliphatic carbocycles. The molecule has 0 bridgehead atoms. The van der Waals surface area contributed by atoms with Gasteiger partial charge in [0.2, 0.25) is 0 Å². The molecular weight excluding hydrogens is 170 g/mol. The van der Waals surface area contributed by atoms with E-state index < -0.39 is 0 Å². The van der Waals surface area contributed by atoms with Gasteiger partial charge in [0.1, 0.15) is 6.10 Å². The highest BCUT2D eigenvalue weighted by molar-refractivity contribution is 5.69. The third kappa shape index (κ3) is 4.24. The molecule has 0 aromatic carbocycles. The van der Waals surface area contributed by atoms with Crippen LogP contribution in [0, 0.1) is 0 Å². The molecule has 4 heteroatoms. The second kappa shape index (κ2) is 5.94. The first-order valence-corrected chi connectivity index (χ1v) is 4.84. The molecule has 0 heterocycles. The minimum atomic E-state index is -0.121. The number of ether oxygens (including phenoxy) is 1. The predicted octanol–water partition coefficient (Wildman–Crippen LogP) is 1.14. The number of nitrogens with two attached hydrogens (primary N) is 1. The van der Waals surface area contributed by atoms with E-state index in [4.69, 9.17) is 10.6 Å². The van der Waals surface area contributed by atoms with Crippen LogP contribution in [-0.4, -0.2) is 18.7 Å². The van der Waals surface area contributed by atoms with Gasteiger partial charge in [0.25, 0.3) is 0 Å². The number of carbonyl (C=O) groups excluding carboxylic acids is 1. The summed E-state index contributed by atoms with van der Waals surface area (Å²) in [5, 5.41) is 0. The molecule has 0 unspecified atom stereocenters. The Morgan fingerprint density at radius 2 is 2.08 bits per heavy atom. The monoisotopic (exact) mass is 187 g/mol. The Balaban J connectivity index is 2.02. The van der Waals surface area contributed by atoms with Gasteiger partial charge in [-0.15, -0.1) is 0 Å². The van der Waals surface area contributed by atoms with Gasteiger partial charge in [0.15, 0.2) is 0 Å². The Hall–Kier alpha value is -0.610. The summed E-state index contributed by atoms with van der Waals surface area (Å²) in [6, 6.07) is 0. The molecule has 0 aromatic rings. The second-order valence-electron chi connectivity index (χ2n) is 3.37. The Labute approximate surface area is 78.3 Å². The first-order chi connectivity index (χ1) is 6.33. The topological polar surface area (TPSA) is 61.5 Å². The van der Waals surface area contributed by atoms with Crippen LogP contribution >= 0.6 is 0 Å². The van der Waals surface area contributed by atoms with Gasteiger partial charge in [0.05, 0.1) is 6.61 Å². The maximum Gasteiger partial charge on any atom is 0.306 e. The lowest BCUT2D eigenvalue weighted by atomic mass is 10.3. The van der Waals surface area contributed by atoms with E-state index in [0.29, 0.717) is 19.4 Å². The summed E-state index contributed by atoms with van der Waals surface area (Å²) in [6.07, 6.45) is 5.65. The van der Waals surface area contributed by atoms with Crippen LogP contribution in [0.3, 0.4) is 0 Å². The summed E-state index contributed by atoms with van der Waals surface area (Å²) in [5.41, 5.74) is 0. The molecule has 0 saturated heterocycles. The molecule has 1 rings (SSSR count). The van der Waals surface area contributed by atoms with Gasteiger partial charge in [-0.3, -0.25) is 4.79 Å². The van der Waals surface area contributed by atoms with Gasteiger partial charge < -0.3 is 9.57 Å². The number of esters is 1. The standard InChI is InChI=1S/C9H17NO3/c10-12-7-3-6-9(11)13-8-4-1-2-5-8/h8H,1-7,10H2. The van der Waals surface area contributed by atoms with Gasteiger partial charge in [-0.05, 0) is 32.1 Å². The van der Waals surface area contributed by atoms with E-state index in [1.165, 1.54) is 12.8 Å². The molecule has 2 N–H and O–H groups in total. The average molecular weight is 187 g/mol. The highest BCUT2D eigenvalue weighted by atomic mass is 16.6. The number of rotatable bonds is 5. The molecule has 76 valence electrons. The van der Waals surface area contributed by atoms with Crippen LogP contribution in [-0.2, 0) is 14.4 Å². The van der Waals surface area contributed by atoms with Gasteiger partial charge in [-0.2, -0.15) is 0 Å². The van der Waals surface area contributed by atoms with Crippen molar-refractivity contribution in [1.82, 2.24) is 0 Å². The lowest BCUT2D eigenvalue weighted by Crippen LogP contribution is -2.15. The molecular formula is C9H17NO3. The Kier molecular flexibility index (Phi) is 4.78. The first-order valence-electron chi connectivity index (χ1n) is 4.84. The Morgan fingerprint density at radius 3 is 2.69 bits per heavy atom. The number of hydrogen-bond acceptors (Lipinski definition) is 4. The van der Waals surface area contributed by atoms with Crippen molar-refractivity contribution in [2.75, 3.05) is 6.61 Å². The zero-order chi connectivity index (χ0) is 9.52. The van der Waals surface area contributed by atoms with Gasteiger partial charge in [-0.25, -0.2) is 5.90 Å². The minimum Gasteiger partial charge on any atom is -0.462 e. The van der Waals surface area contributed by atoms with E-state index in [9.17, 15) is 4.79 Å². The molecule has 1 fully saturated rings. The highest BCUT2D eigenvalue weighted by Crippen LogP contribution is 2.21. The van der Waals surface area contributed by atoms with E-state index in [-0.39, 0.29) is 12.1 Å². The van der Waals surface area contributed by atoms with Crippen molar-refractivity contribution in [2.24, 2.45) is 5.90 Å². The van der Waals surface area contributed by atoms with Crippen molar-refractivity contribution in [3.8, 4) is 0 Å². The molecule has 1 aliphatic rings. The average Bonchev–Trinajstić information content (AvgIpc) is 2.57. The van der Waals surface area contributed by atoms with Crippen molar-refractivity contribution in [3.63, 3.8) is 0 Å². The zero-order valence-corrected chi connectivity index (χ0v) is 7.83. The van der Waals surface area contributed by atoms with Crippen molar-refractivity contribution < 1.29 is 14.4 Å². The van der Waals surface area contributed by atoms with Gasteiger partial charge in [-0.1, -0.05) is 0 Å². The maximum absolute atomic E-state index is 11.2. The van der Waals surface area contributed by atoms with Crippen LogP contribution in [0.1, 0.15) is 38.5 Å². The smallest absolute Gasteiger partial charge is 0.306 e. The zero-order valence-electron chi connectivity index (χ0n) is 7.83. The molecule has 1 saturated carbocycles. The molecule has 0 atom stereocenters. The summed E-state index contributed by atoms with van der Waals surface area (Å²) in [5.74, 6) is 4.70. The predicted molar refractivity (Wildman–Crippen MR) is 47.7 cm³/mol. The summed E-state index contributed by atoms with van der Waals surface area (Å²) >= 11 is 0. The van der Waals surface area contributed by atoms with Crippen LogP contribution < -0.4 is 5.90 Å². The van der Waals surface area contributed by atoms with Gasteiger partial charge in [0, 0.05) is 6.42 Å². The quantitative estimate of drug-likeness (QED) is 0.398. The maximum atomic E-state index is 11.2. The molecule has 0 radical (unpaired) electrons. The highest BCUT2D eigenvalue weighted by Gasteiger charge is 2.18. The third-order valence-electron chi connectivity index (χ3n) is 2.24. The first kappa shape index (κ1) is 10.5. The van der Waals surface area contributed by atoms with Crippen LogP contribution in [0.2, 0.25) is 0 Å². The van der Waals surface area contributed by atoms with E-state index in [1.54, 1.807) is 0 Å². The van der Waals surface area contributed by atoms with Crippen LogP contribution in [0.5, 0.6) is 0 Å². The molecule has 0 aliphatic heterocycles. The number of carbonyl (C=O) groups is 1. The molecule has 0 amide bonds. The fraction of sp³-hybridized carbons (Fsp3) is 0.889.